The third-order valence-corrected chi connectivity index (χ3v) is 2.35. The molecule has 0 amide bonds. The molecular weight excluding hydrogens is 272 g/mol. The summed E-state index contributed by atoms with van der Waals surface area (Å²) in [6.45, 7) is 0. The van der Waals surface area contributed by atoms with Gasteiger partial charge in [0.15, 0.2) is 0 Å². The molecule has 94 valence electrons. The van der Waals surface area contributed by atoms with Crippen LogP contribution in [0.4, 0.5) is 0 Å². The fraction of sp³-hybridized carbons (Fsp3) is 0.222. The van der Waals surface area contributed by atoms with E-state index in [0.717, 1.165) is 0 Å². The molecule has 0 aliphatic heterocycles. The summed E-state index contributed by atoms with van der Waals surface area (Å²) in [4.78, 5) is 27.5. The number of hydrogen-bond acceptors (Lipinski definition) is 5. The van der Waals surface area contributed by atoms with E-state index in [4.69, 9.17) is 15.5 Å². The van der Waals surface area contributed by atoms with Crippen LogP contribution in [0.1, 0.15) is 5.56 Å². The molecule has 0 spiro atoms. The average Bonchev–Trinajstić information content (AvgIpc) is 2.18. The first-order valence-corrected chi connectivity index (χ1v) is 6.11. The molecule has 0 saturated carbocycles. The van der Waals surface area contributed by atoms with Gasteiger partial charge in [0.25, 0.3) is 0 Å². The van der Waals surface area contributed by atoms with Crippen molar-refractivity contribution in [2.45, 2.75) is 12.5 Å². The Hall–Kier alpha value is -0.400. The first-order chi connectivity index (χ1) is 7.78. The Labute approximate surface area is 125 Å². The summed E-state index contributed by atoms with van der Waals surface area (Å²) in [5.74, 6) is -1.37. The van der Waals surface area contributed by atoms with Crippen molar-refractivity contribution in [1.82, 2.24) is 0 Å². The van der Waals surface area contributed by atoms with E-state index in [1.54, 1.807) is 0 Å². The molecule has 0 aliphatic rings. The Bertz CT molecular complexity index is 445. The number of carbonyl (C=O) groups is 1. The summed E-state index contributed by atoms with van der Waals surface area (Å²) >= 11 is 0. The molecule has 4 N–H and O–H groups in total. The number of phosphoric ester groups is 1. The van der Waals surface area contributed by atoms with Crippen molar-refractivity contribution in [2.24, 2.45) is 5.73 Å². The van der Waals surface area contributed by atoms with Crippen LogP contribution in [0.3, 0.4) is 0 Å². The number of rotatable bonds is 5. The van der Waals surface area contributed by atoms with E-state index < -0.39 is 19.8 Å². The van der Waals surface area contributed by atoms with Crippen molar-refractivity contribution >= 4 is 13.8 Å². The molecular formula is C9H11NNaO6P. The minimum absolute atomic E-state index is 0. The Balaban J connectivity index is 0.00000289. The van der Waals surface area contributed by atoms with Crippen LogP contribution >= 0.6 is 7.82 Å². The van der Waals surface area contributed by atoms with Crippen LogP contribution < -0.4 is 44.9 Å². The molecule has 0 heterocycles. The zero-order valence-electron chi connectivity index (χ0n) is 9.65. The molecule has 1 aromatic carbocycles. The number of carbonyl (C=O) groups excluding carboxylic acids is 1. The summed E-state index contributed by atoms with van der Waals surface area (Å²) in [6, 6.07) is 4.44. The van der Waals surface area contributed by atoms with Crippen molar-refractivity contribution < 1.29 is 58.3 Å². The number of nitrogens with two attached hydrogens (primary N) is 1. The minimum Gasteiger partial charge on any atom is -0.548 e. The molecule has 0 radical (unpaired) electrons. The number of aliphatic carboxylic acids is 1. The van der Waals surface area contributed by atoms with Gasteiger partial charge in [-0.25, -0.2) is 4.57 Å². The average molecular weight is 283 g/mol. The molecule has 0 aliphatic carbocycles. The van der Waals surface area contributed by atoms with Crippen molar-refractivity contribution in [2.75, 3.05) is 0 Å². The summed E-state index contributed by atoms with van der Waals surface area (Å²) < 4.78 is 14.8. The summed E-state index contributed by atoms with van der Waals surface area (Å²) in [5, 5.41) is 10.4. The van der Waals surface area contributed by atoms with E-state index in [0.29, 0.717) is 5.56 Å². The van der Waals surface area contributed by atoms with Gasteiger partial charge in [-0.05, 0) is 24.1 Å². The van der Waals surface area contributed by atoms with E-state index in [9.17, 15) is 14.5 Å². The first-order valence-electron chi connectivity index (χ1n) is 4.58. The van der Waals surface area contributed by atoms with Gasteiger partial charge in [-0.3, -0.25) is 9.79 Å². The van der Waals surface area contributed by atoms with Gasteiger partial charge in [-0.15, -0.1) is 0 Å². The second kappa shape index (κ2) is 7.25. The smallest absolute Gasteiger partial charge is 0.548 e. The quantitative estimate of drug-likeness (QED) is 0.368. The minimum atomic E-state index is -4.57. The van der Waals surface area contributed by atoms with E-state index >= 15 is 0 Å². The maximum atomic E-state index is 10.5. The SMILES string of the molecule is NC(Cc1ccc(OP(=O)(O)O)cc1)C(=O)[O-].[Na+]. The fourth-order valence-corrected chi connectivity index (χ4v) is 1.56. The van der Waals surface area contributed by atoms with Crippen LogP contribution in [0.25, 0.3) is 0 Å². The van der Waals surface area contributed by atoms with Gasteiger partial charge in [0, 0.05) is 6.04 Å². The number of benzene rings is 1. The molecule has 1 aromatic rings. The second-order valence-electron chi connectivity index (χ2n) is 3.36. The van der Waals surface area contributed by atoms with E-state index in [-0.39, 0.29) is 41.7 Å². The molecule has 7 nitrogen and oxygen atoms in total. The maximum Gasteiger partial charge on any atom is 1.00 e. The number of hydrogen-bond donors (Lipinski definition) is 3. The van der Waals surface area contributed by atoms with Gasteiger partial charge in [-0.2, -0.15) is 0 Å². The number of phosphoric acid groups is 1. The van der Waals surface area contributed by atoms with Crippen molar-refractivity contribution in [3.05, 3.63) is 29.8 Å². The molecule has 1 unspecified atom stereocenters. The molecule has 0 aromatic heterocycles. The van der Waals surface area contributed by atoms with Crippen molar-refractivity contribution in [3.63, 3.8) is 0 Å². The maximum absolute atomic E-state index is 10.5. The van der Waals surface area contributed by atoms with Gasteiger partial charge in [0.05, 0.1) is 5.97 Å². The first kappa shape index (κ1) is 17.6. The topological polar surface area (TPSA) is 133 Å². The molecule has 18 heavy (non-hydrogen) atoms. The van der Waals surface area contributed by atoms with Gasteiger partial charge in [0.1, 0.15) is 5.75 Å². The van der Waals surface area contributed by atoms with Crippen LogP contribution in [-0.4, -0.2) is 21.8 Å². The summed E-state index contributed by atoms with van der Waals surface area (Å²) in [6.07, 6.45) is 0.0680. The van der Waals surface area contributed by atoms with Crippen LogP contribution in [0, 0.1) is 0 Å². The Kier molecular flexibility index (Phi) is 7.09. The zero-order chi connectivity index (χ0) is 13.1. The Morgan fingerprint density at radius 3 is 2.28 bits per heavy atom. The fourth-order valence-electron chi connectivity index (χ4n) is 1.16. The van der Waals surface area contributed by atoms with Gasteiger partial charge in [-0.1, -0.05) is 12.1 Å². The Morgan fingerprint density at radius 1 is 1.39 bits per heavy atom. The molecule has 9 heteroatoms. The largest absolute Gasteiger partial charge is 1.00 e. The third-order valence-electron chi connectivity index (χ3n) is 1.91. The molecule has 1 rings (SSSR count). The number of carboxylic acids is 1. The van der Waals surface area contributed by atoms with Crippen LogP contribution in [0.15, 0.2) is 24.3 Å². The standard InChI is InChI=1S/C9H12NO6P.Na/c10-8(9(11)12)5-6-1-3-7(4-2-6)16-17(13,14)15;/h1-4,8H,5,10H2,(H,11,12)(H2,13,14,15);/q;+1/p-1. The van der Waals surface area contributed by atoms with E-state index in [2.05, 4.69) is 4.52 Å². The van der Waals surface area contributed by atoms with Gasteiger partial charge < -0.3 is 20.2 Å². The number of carboxylic acid groups (broad SMARTS) is 1. The Morgan fingerprint density at radius 2 is 1.89 bits per heavy atom. The van der Waals surface area contributed by atoms with E-state index in [1.165, 1.54) is 24.3 Å². The molecule has 0 fully saturated rings. The van der Waals surface area contributed by atoms with E-state index in [1.807, 2.05) is 0 Å². The van der Waals surface area contributed by atoms with Crippen LogP contribution in [-0.2, 0) is 15.8 Å². The molecule has 0 saturated heterocycles. The predicted molar refractivity (Wildman–Crippen MR) is 55.8 cm³/mol. The second-order valence-corrected chi connectivity index (χ2v) is 4.52. The predicted octanol–water partition coefficient (Wildman–Crippen LogP) is -4.22. The van der Waals surface area contributed by atoms with Crippen molar-refractivity contribution in [3.8, 4) is 5.75 Å². The monoisotopic (exact) mass is 283 g/mol. The van der Waals surface area contributed by atoms with Crippen LogP contribution in [0.2, 0.25) is 0 Å². The van der Waals surface area contributed by atoms with Gasteiger partial charge >= 0.3 is 37.4 Å². The normalized spacial score (nSPS) is 12.4. The molecule has 1 atom stereocenters. The van der Waals surface area contributed by atoms with Crippen molar-refractivity contribution in [1.29, 1.82) is 0 Å². The summed E-state index contributed by atoms with van der Waals surface area (Å²) in [5.41, 5.74) is 5.87. The zero-order valence-corrected chi connectivity index (χ0v) is 12.5. The van der Waals surface area contributed by atoms with Gasteiger partial charge in [0.2, 0.25) is 0 Å². The third kappa shape index (κ3) is 6.51. The molecule has 0 bridgehead atoms. The van der Waals surface area contributed by atoms with Crippen LogP contribution in [0.5, 0.6) is 5.75 Å². The summed E-state index contributed by atoms with van der Waals surface area (Å²) in [7, 11) is -4.57.